The van der Waals surface area contributed by atoms with Gasteiger partial charge in [0.1, 0.15) is 0 Å². The van der Waals surface area contributed by atoms with E-state index in [9.17, 15) is 0 Å². The quantitative estimate of drug-likeness (QED) is 0.404. The molecule has 154 valence electrons. The van der Waals surface area contributed by atoms with Crippen LogP contribution in [0.5, 0.6) is 0 Å². The Hall–Kier alpha value is -0.300. The second kappa shape index (κ2) is 7.51. The molecular weight excluding hydrogens is 326 g/mol. The highest BCUT2D eigenvalue weighted by Gasteiger charge is 2.58. The topological polar surface area (TPSA) is 26.0 Å². The molecule has 0 bridgehead atoms. The molecule has 0 aromatic carbocycles. The van der Waals surface area contributed by atoms with Crippen LogP contribution in [0.25, 0.3) is 0 Å². The summed E-state index contributed by atoms with van der Waals surface area (Å²) in [5, 5.41) is 0. The maximum atomic E-state index is 6.33. The minimum atomic E-state index is 0.427. The molecule has 0 radical (unpaired) electrons. The Kier molecular flexibility index (Phi) is 5.56. The van der Waals surface area contributed by atoms with Crippen LogP contribution in [0.1, 0.15) is 105 Å². The Morgan fingerprint density at radius 3 is 2.63 bits per heavy atom. The summed E-state index contributed by atoms with van der Waals surface area (Å²) in [6.45, 7) is 10.1. The molecule has 4 rings (SSSR count). The molecule has 4 aliphatic carbocycles. The molecule has 1 heteroatoms. The summed E-state index contributed by atoms with van der Waals surface area (Å²) in [4.78, 5) is 0. The molecule has 0 aliphatic heterocycles. The molecular formula is C26H45N. The average Bonchev–Trinajstić information content (AvgIpc) is 2.96. The normalized spacial score (nSPS) is 46.6. The third kappa shape index (κ3) is 3.45. The Morgan fingerprint density at radius 2 is 1.85 bits per heavy atom. The van der Waals surface area contributed by atoms with Crippen molar-refractivity contribution >= 4 is 0 Å². The van der Waals surface area contributed by atoms with Crippen molar-refractivity contribution < 1.29 is 0 Å². The number of unbranched alkanes of at least 4 members (excludes halogenated alkanes) is 1. The molecule has 4 aliphatic rings. The van der Waals surface area contributed by atoms with E-state index in [1.165, 1.54) is 77.0 Å². The Labute approximate surface area is 168 Å². The average molecular weight is 372 g/mol. The monoisotopic (exact) mass is 371 g/mol. The lowest BCUT2D eigenvalue weighted by atomic mass is 9.47. The Morgan fingerprint density at radius 1 is 1.04 bits per heavy atom. The first-order valence-electron chi connectivity index (χ1n) is 12.3. The van der Waals surface area contributed by atoms with Crippen LogP contribution in [0.2, 0.25) is 0 Å². The molecule has 0 saturated heterocycles. The first-order valence-corrected chi connectivity index (χ1v) is 12.3. The first-order chi connectivity index (χ1) is 12.8. The van der Waals surface area contributed by atoms with Crippen LogP contribution in [0.4, 0.5) is 0 Å². The van der Waals surface area contributed by atoms with Gasteiger partial charge in [-0.2, -0.15) is 0 Å². The lowest BCUT2D eigenvalue weighted by molar-refractivity contribution is -0.0434. The van der Waals surface area contributed by atoms with Gasteiger partial charge in [0.05, 0.1) is 0 Å². The highest BCUT2D eigenvalue weighted by atomic mass is 14.7. The van der Waals surface area contributed by atoms with Gasteiger partial charge >= 0.3 is 0 Å². The van der Waals surface area contributed by atoms with E-state index in [1.807, 2.05) is 0 Å². The SMILES string of the molecule is CC(C)CCCCC1CCC2C3CC=C4C[C@H](N)CCC4(C)C3CCC12C. The maximum Gasteiger partial charge on any atom is 0.00766 e. The van der Waals surface area contributed by atoms with Crippen molar-refractivity contribution in [3.8, 4) is 0 Å². The summed E-state index contributed by atoms with van der Waals surface area (Å²) >= 11 is 0. The highest BCUT2D eigenvalue weighted by Crippen LogP contribution is 2.66. The molecule has 1 nitrogen and oxygen atoms in total. The fraction of sp³-hybridized carbons (Fsp3) is 0.923. The summed E-state index contributed by atoms with van der Waals surface area (Å²) in [5.74, 6) is 4.79. The predicted octanol–water partition coefficient (Wildman–Crippen LogP) is 7.11. The third-order valence-corrected chi connectivity index (χ3v) is 9.92. The van der Waals surface area contributed by atoms with Gasteiger partial charge in [0, 0.05) is 6.04 Å². The van der Waals surface area contributed by atoms with Crippen molar-refractivity contribution in [3.63, 3.8) is 0 Å². The van der Waals surface area contributed by atoms with Gasteiger partial charge in [-0.05, 0) is 98.2 Å². The summed E-state index contributed by atoms with van der Waals surface area (Å²) in [6, 6.07) is 0.427. The van der Waals surface area contributed by atoms with Gasteiger partial charge in [-0.1, -0.05) is 58.6 Å². The number of hydrogen-bond acceptors (Lipinski definition) is 1. The van der Waals surface area contributed by atoms with Gasteiger partial charge in [0.25, 0.3) is 0 Å². The number of fused-ring (bicyclic) bond motifs is 5. The van der Waals surface area contributed by atoms with Crippen LogP contribution in [-0.4, -0.2) is 6.04 Å². The maximum absolute atomic E-state index is 6.33. The van der Waals surface area contributed by atoms with Crippen molar-refractivity contribution in [2.75, 3.05) is 0 Å². The second-order valence-corrected chi connectivity index (χ2v) is 11.8. The summed E-state index contributed by atoms with van der Waals surface area (Å²) < 4.78 is 0. The van der Waals surface area contributed by atoms with Crippen molar-refractivity contribution in [2.24, 2.45) is 46.2 Å². The van der Waals surface area contributed by atoms with Gasteiger partial charge in [0.15, 0.2) is 0 Å². The molecule has 2 N–H and O–H groups in total. The van der Waals surface area contributed by atoms with Crippen LogP contribution in [-0.2, 0) is 0 Å². The van der Waals surface area contributed by atoms with Gasteiger partial charge in [-0.3, -0.25) is 0 Å². The van der Waals surface area contributed by atoms with Gasteiger partial charge in [0.2, 0.25) is 0 Å². The Balaban J connectivity index is 1.46. The van der Waals surface area contributed by atoms with E-state index in [4.69, 9.17) is 5.73 Å². The molecule has 0 amide bonds. The standard InChI is InChI=1S/C26H45N/c1-18(2)7-5-6-8-19-10-12-23-22-11-9-20-17-21(27)13-15-26(20,4)24(22)14-16-25(19,23)3/h9,18-19,21-24H,5-8,10-17,27H2,1-4H3/t19?,21-,22?,23?,24?,25?,26?/m1/s1. The minimum Gasteiger partial charge on any atom is -0.327 e. The number of allylic oxidation sites excluding steroid dienone is 1. The summed E-state index contributed by atoms with van der Waals surface area (Å²) in [5.41, 5.74) is 9.20. The van der Waals surface area contributed by atoms with E-state index < -0.39 is 0 Å². The van der Waals surface area contributed by atoms with E-state index in [2.05, 4.69) is 33.8 Å². The van der Waals surface area contributed by atoms with E-state index >= 15 is 0 Å². The van der Waals surface area contributed by atoms with Crippen LogP contribution in [0.3, 0.4) is 0 Å². The smallest absolute Gasteiger partial charge is 0.00766 e. The molecule has 0 heterocycles. The van der Waals surface area contributed by atoms with Crippen LogP contribution >= 0.6 is 0 Å². The molecule has 3 saturated carbocycles. The molecule has 0 aromatic rings. The van der Waals surface area contributed by atoms with Gasteiger partial charge in [-0.25, -0.2) is 0 Å². The number of nitrogens with two attached hydrogens (primary N) is 1. The van der Waals surface area contributed by atoms with E-state index in [1.54, 1.807) is 5.57 Å². The first kappa shape index (κ1) is 20.0. The molecule has 6 unspecified atom stereocenters. The Bertz CT molecular complexity index is 563. The number of rotatable bonds is 5. The zero-order valence-electron chi connectivity index (χ0n) is 18.6. The molecule has 7 atom stereocenters. The highest BCUT2D eigenvalue weighted by molar-refractivity contribution is 5.25. The summed E-state index contributed by atoms with van der Waals surface area (Å²) in [7, 11) is 0. The zero-order chi connectivity index (χ0) is 19.2. The van der Waals surface area contributed by atoms with E-state index in [0.717, 1.165) is 29.6 Å². The molecule has 0 aromatic heterocycles. The zero-order valence-corrected chi connectivity index (χ0v) is 18.6. The van der Waals surface area contributed by atoms with Crippen LogP contribution < -0.4 is 5.73 Å². The van der Waals surface area contributed by atoms with E-state index in [0.29, 0.717) is 16.9 Å². The van der Waals surface area contributed by atoms with Crippen molar-refractivity contribution in [2.45, 2.75) is 111 Å². The van der Waals surface area contributed by atoms with Crippen LogP contribution in [0.15, 0.2) is 11.6 Å². The van der Waals surface area contributed by atoms with Crippen LogP contribution in [0, 0.1) is 40.4 Å². The third-order valence-electron chi connectivity index (χ3n) is 9.92. The van der Waals surface area contributed by atoms with Crippen molar-refractivity contribution in [1.29, 1.82) is 0 Å². The largest absolute Gasteiger partial charge is 0.327 e. The van der Waals surface area contributed by atoms with Gasteiger partial charge < -0.3 is 5.73 Å². The lowest BCUT2D eigenvalue weighted by Crippen LogP contribution is -2.51. The molecule has 27 heavy (non-hydrogen) atoms. The molecule has 0 spiro atoms. The lowest BCUT2D eigenvalue weighted by Gasteiger charge is -2.58. The molecule has 3 fully saturated rings. The van der Waals surface area contributed by atoms with Crippen molar-refractivity contribution in [3.05, 3.63) is 11.6 Å². The predicted molar refractivity (Wildman–Crippen MR) is 116 cm³/mol. The number of hydrogen-bond donors (Lipinski definition) is 1. The fourth-order valence-electron chi connectivity index (χ4n) is 8.22. The van der Waals surface area contributed by atoms with Crippen molar-refractivity contribution in [1.82, 2.24) is 0 Å². The summed E-state index contributed by atoms with van der Waals surface area (Å²) in [6.07, 6.45) is 19.7. The second-order valence-electron chi connectivity index (χ2n) is 11.8. The van der Waals surface area contributed by atoms with Gasteiger partial charge in [-0.15, -0.1) is 0 Å². The minimum absolute atomic E-state index is 0.427. The fourth-order valence-corrected chi connectivity index (χ4v) is 8.22. The van der Waals surface area contributed by atoms with E-state index in [-0.39, 0.29) is 0 Å².